The van der Waals surface area contributed by atoms with E-state index >= 15 is 0 Å². The third-order valence-corrected chi connectivity index (χ3v) is 6.02. The number of hydrogen-bond acceptors (Lipinski definition) is 2. The predicted octanol–water partition coefficient (Wildman–Crippen LogP) is 5.51. The van der Waals surface area contributed by atoms with Gasteiger partial charge in [0, 0.05) is 5.56 Å². The second kappa shape index (κ2) is 8.18. The Kier molecular flexibility index (Phi) is 6.41. The van der Waals surface area contributed by atoms with Gasteiger partial charge in [0.1, 0.15) is 0 Å². The third kappa shape index (κ3) is 4.07. The molecule has 0 aliphatic rings. The van der Waals surface area contributed by atoms with Gasteiger partial charge in [0.15, 0.2) is 5.78 Å². The van der Waals surface area contributed by atoms with Crippen molar-refractivity contribution in [2.24, 2.45) is 0 Å². The lowest BCUT2D eigenvalue weighted by atomic mass is 9.78. The van der Waals surface area contributed by atoms with E-state index < -0.39 is 5.54 Å². The Labute approximate surface area is 159 Å². The van der Waals surface area contributed by atoms with Crippen molar-refractivity contribution in [3.05, 3.63) is 71.3 Å². The van der Waals surface area contributed by atoms with Crippen LogP contribution in [0.5, 0.6) is 0 Å². The number of Topliss-reactive ketones (excluding diaryl/α,β-unsaturated/α-hetero) is 1. The summed E-state index contributed by atoms with van der Waals surface area (Å²) in [5.41, 5.74) is 2.89. The molecule has 0 spiro atoms. The third-order valence-electron chi connectivity index (χ3n) is 6.02. The van der Waals surface area contributed by atoms with Gasteiger partial charge in [0.25, 0.3) is 0 Å². The summed E-state index contributed by atoms with van der Waals surface area (Å²) in [6.07, 6.45) is 2.57. The highest BCUT2D eigenvalue weighted by atomic mass is 16.1. The molecule has 0 bridgehead atoms. The Bertz CT molecular complexity index is 716. The molecule has 0 amide bonds. The van der Waals surface area contributed by atoms with Gasteiger partial charge in [0.2, 0.25) is 0 Å². The predicted molar refractivity (Wildman–Crippen MR) is 111 cm³/mol. The lowest BCUT2D eigenvalue weighted by Crippen LogP contribution is -2.52. The number of nitrogens with zero attached hydrogens (tertiary/aromatic N) is 1. The van der Waals surface area contributed by atoms with Gasteiger partial charge < -0.3 is 0 Å². The Hall–Kier alpha value is -1.93. The monoisotopic (exact) mass is 351 g/mol. The molecular weight excluding hydrogens is 318 g/mol. The zero-order valence-electron chi connectivity index (χ0n) is 17.2. The number of hydrogen-bond donors (Lipinski definition) is 0. The summed E-state index contributed by atoms with van der Waals surface area (Å²) in [7, 11) is 4.03. The van der Waals surface area contributed by atoms with Crippen molar-refractivity contribution in [2.75, 3.05) is 14.1 Å². The minimum atomic E-state index is -0.525. The van der Waals surface area contributed by atoms with Crippen LogP contribution in [0.3, 0.4) is 0 Å². The van der Waals surface area contributed by atoms with Gasteiger partial charge in [-0.15, -0.1) is 0 Å². The summed E-state index contributed by atoms with van der Waals surface area (Å²) in [6.45, 7) is 8.80. The SMILES string of the molecule is CCC(C)(C)c1ccc(C(=O)C(CC)(Cc2ccccc2)N(C)C)cc1. The number of carbonyl (C=O) groups excluding carboxylic acids is 1. The van der Waals surface area contributed by atoms with E-state index in [1.54, 1.807) is 0 Å². The van der Waals surface area contributed by atoms with Crippen molar-refractivity contribution in [1.82, 2.24) is 4.90 Å². The lowest BCUT2D eigenvalue weighted by molar-refractivity contribution is 0.0666. The molecule has 140 valence electrons. The average Bonchev–Trinajstić information content (AvgIpc) is 2.66. The van der Waals surface area contributed by atoms with E-state index in [-0.39, 0.29) is 11.2 Å². The minimum Gasteiger partial charge on any atom is -0.297 e. The number of carbonyl (C=O) groups is 1. The van der Waals surface area contributed by atoms with Crippen LogP contribution in [0.1, 0.15) is 62.0 Å². The van der Waals surface area contributed by atoms with Crippen LogP contribution in [0, 0.1) is 0 Å². The molecule has 2 aromatic rings. The van der Waals surface area contributed by atoms with Crippen LogP contribution in [0.2, 0.25) is 0 Å². The van der Waals surface area contributed by atoms with Crippen molar-refractivity contribution in [1.29, 1.82) is 0 Å². The Morgan fingerprint density at radius 3 is 1.92 bits per heavy atom. The van der Waals surface area contributed by atoms with E-state index in [9.17, 15) is 4.79 Å². The molecule has 2 nitrogen and oxygen atoms in total. The first kappa shape index (κ1) is 20.4. The molecule has 1 atom stereocenters. The molecule has 0 saturated carbocycles. The van der Waals surface area contributed by atoms with Crippen molar-refractivity contribution >= 4 is 5.78 Å². The van der Waals surface area contributed by atoms with E-state index in [1.165, 1.54) is 11.1 Å². The number of likely N-dealkylation sites (N-methyl/N-ethyl adjacent to an activating group) is 1. The standard InChI is InChI=1S/C24H33NO/c1-7-23(3,4)21-16-14-20(15-17-21)22(26)24(8-2,25(5)6)18-19-12-10-9-11-13-19/h9-17H,7-8,18H2,1-6H3. The van der Waals surface area contributed by atoms with Crippen molar-refractivity contribution in [3.63, 3.8) is 0 Å². The zero-order valence-corrected chi connectivity index (χ0v) is 17.2. The van der Waals surface area contributed by atoms with Gasteiger partial charge in [-0.05, 0) is 49.9 Å². The van der Waals surface area contributed by atoms with Crippen LogP contribution < -0.4 is 0 Å². The molecular formula is C24H33NO. The summed E-state index contributed by atoms with van der Waals surface area (Å²) in [5.74, 6) is 0.203. The molecule has 26 heavy (non-hydrogen) atoms. The summed E-state index contributed by atoms with van der Waals surface area (Å²) < 4.78 is 0. The Morgan fingerprint density at radius 1 is 0.885 bits per heavy atom. The van der Waals surface area contributed by atoms with Crippen LogP contribution in [0.4, 0.5) is 0 Å². The van der Waals surface area contributed by atoms with Crippen LogP contribution in [0.15, 0.2) is 54.6 Å². The molecule has 0 heterocycles. The van der Waals surface area contributed by atoms with Gasteiger partial charge in [-0.25, -0.2) is 0 Å². The fraction of sp³-hybridized carbons (Fsp3) is 0.458. The molecule has 0 radical (unpaired) electrons. The van der Waals surface area contributed by atoms with Crippen LogP contribution in [-0.4, -0.2) is 30.3 Å². The molecule has 0 saturated heterocycles. The normalized spacial score (nSPS) is 14.3. The fourth-order valence-electron chi connectivity index (χ4n) is 3.52. The topological polar surface area (TPSA) is 20.3 Å². The molecule has 0 aliphatic carbocycles. The second-order valence-corrected chi connectivity index (χ2v) is 8.09. The summed E-state index contributed by atoms with van der Waals surface area (Å²) in [4.78, 5) is 15.6. The highest BCUT2D eigenvalue weighted by Crippen LogP contribution is 2.30. The molecule has 1 unspecified atom stereocenters. The Balaban J connectivity index is 2.38. The van der Waals surface area contributed by atoms with Crippen molar-refractivity contribution < 1.29 is 4.79 Å². The molecule has 0 aliphatic heterocycles. The maximum atomic E-state index is 13.5. The number of benzene rings is 2. The van der Waals surface area contributed by atoms with Crippen LogP contribution in [-0.2, 0) is 11.8 Å². The maximum Gasteiger partial charge on any atom is 0.183 e. The molecule has 2 rings (SSSR count). The number of ketones is 1. The largest absolute Gasteiger partial charge is 0.297 e. The minimum absolute atomic E-state index is 0.134. The molecule has 0 aromatic heterocycles. The van der Waals surface area contributed by atoms with E-state index in [4.69, 9.17) is 0 Å². The summed E-state index contributed by atoms with van der Waals surface area (Å²) >= 11 is 0. The van der Waals surface area contributed by atoms with E-state index in [1.807, 2.05) is 44.4 Å². The molecule has 2 aromatic carbocycles. The Morgan fingerprint density at radius 2 is 1.46 bits per heavy atom. The van der Waals surface area contributed by atoms with Gasteiger partial charge in [-0.1, -0.05) is 82.3 Å². The highest BCUT2D eigenvalue weighted by molar-refractivity contribution is 6.03. The van der Waals surface area contributed by atoms with E-state index in [0.717, 1.165) is 24.8 Å². The van der Waals surface area contributed by atoms with Crippen molar-refractivity contribution in [3.8, 4) is 0 Å². The molecule has 0 N–H and O–H groups in total. The second-order valence-electron chi connectivity index (χ2n) is 8.09. The van der Waals surface area contributed by atoms with Crippen LogP contribution >= 0.6 is 0 Å². The first-order chi connectivity index (χ1) is 12.3. The summed E-state index contributed by atoms with van der Waals surface area (Å²) in [6, 6.07) is 18.6. The average molecular weight is 352 g/mol. The molecule has 0 fully saturated rings. The zero-order chi connectivity index (χ0) is 19.4. The maximum absolute atomic E-state index is 13.5. The first-order valence-electron chi connectivity index (χ1n) is 9.63. The fourth-order valence-corrected chi connectivity index (χ4v) is 3.52. The van der Waals surface area contributed by atoms with E-state index in [2.05, 4.69) is 56.9 Å². The first-order valence-corrected chi connectivity index (χ1v) is 9.63. The van der Waals surface area contributed by atoms with Gasteiger partial charge in [-0.2, -0.15) is 0 Å². The highest BCUT2D eigenvalue weighted by Gasteiger charge is 2.39. The van der Waals surface area contributed by atoms with Gasteiger partial charge >= 0.3 is 0 Å². The quantitative estimate of drug-likeness (QED) is 0.584. The van der Waals surface area contributed by atoms with Gasteiger partial charge in [-0.3, -0.25) is 9.69 Å². The molecule has 2 heteroatoms. The lowest BCUT2D eigenvalue weighted by Gasteiger charge is -2.38. The van der Waals surface area contributed by atoms with E-state index in [0.29, 0.717) is 0 Å². The summed E-state index contributed by atoms with van der Waals surface area (Å²) in [5, 5.41) is 0. The van der Waals surface area contributed by atoms with Crippen molar-refractivity contribution in [2.45, 2.75) is 57.9 Å². The number of rotatable bonds is 8. The van der Waals surface area contributed by atoms with Crippen LogP contribution in [0.25, 0.3) is 0 Å². The van der Waals surface area contributed by atoms with Gasteiger partial charge in [0.05, 0.1) is 5.54 Å². The smallest absolute Gasteiger partial charge is 0.183 e.